The van der Waals surface area contributed by atoms with E-state index in [-0.39, 0.29) is 12.0 Å². The van der Waals surface area contributed by atoms with Gasteiger partial charge >= 0.3 is 0 Å². The number of rotatable bonds is 7. The highest BCUT2D eigenvalue weighted by atomic mass is 32.2. The monoisotopic (exact) mass is 306 g/mol. The first-order chi connectivity index (χ1) is 10.3. The van der Waals surface area contributed by atoms with Crippen LogP contribution in [0.1, 0.15) is 17.3 Å². The highest BCUT2D eigenvalue weighted by Crippen LogP contribution is 2.31. The van der Waals surface area contributed by atoms with E-state index in [0.717, 1.165) is 11.3 Å². The van der Waals surface area contributed by atoms with Crippen molar-refractivity contribution in [2.75, 3.05) is 25.6 Å². The van der Waals surface area contributed by atoms with E-state index in [4.69, 9.17) is 9.26 Å². The molecular formula is C15H18N2O3S. The van der Waals surface area contributed by atoms with Crippen molar-refractivity contribution in [3.8, 4) is 0 Å². The molecule has 0 saturated carbocycles. The van der Waals surface area contributed by atoms with Gasteiger partial charge in [0.15, 0.2) is 5.82 Å². The predicted octanol–water partition coefficient (Wildman–Crippen LogP) is 1.90. The maximum atomic E-state index is 9.36. The summed E-state index contributed by atoms with van der Waals surface area (Å²) in [6.45, 7) is 1.45. The van der Waals surface area contributed by atoms with Gasteiger partial charge < -0.3 is 14.4 Å². The van der Waals surface area contributed by atoms with Gasteiger partial charge in [0.2, 0.25) is 5.89 Å². The number of hydrogen-bond donors (Lipinski definition) is 1. The fourth-order valence-electron chi connectivity index (χ4n) is 2.16. The minimum absolute atomic E-state index is 0.0682. The van der Waals surface area contributed by atoms with Crippen molar-refractivity contribution in [2.45, 2.75) is 12.2 Å². The second-order valence-corrected chi connectivity index (χ2v) is 6.40. The van der Waals surface area contributed by atoms with Gasteiger partial charge in [-0.1, -0.05) is 35.5 Å². The molecule has 1 saturated heterocycles. The molecule has 2 heterocycles. The van der Waals surface area contributed by atoms with Crippen molar-refractivity contribution in [1.82, 2.24) is 10.1 Å². The Balaban J connectivity index is 1.49. The van der Waals surface area contributed by atoms with Crippen molar-refractivity contribution in [3.05, 3.63) is 47.6 Å². The van der Waals surface area contributed by atoms with E-state index in [1.165, 1.54) is 0 Å². The lowest BCUT2D eigenvalue weighted by Gasteiger charge is -2.39. The number of thioether (sulfide) groups is 1. The summed E-state index contributed by atoms with van der Waals surface area (Å²) in [6.07, 6.45) is 0.660. The maximum absolute atomic E-state index is 9.36. The highest BCUT2D eigenvalue weighted by Gasteiger charge is 2.37. The standard InChI is InChI=1S/C15H18N2O3S/c18-8-15(9-19-10-15)11-21-7-13-16-14(20-17-13)6-12-4-2-1-3-5-12/h1-5,18H,6-11H2. The van der Waals surface area contributed by atoms with Gasteiger partial charge in [0.25, 0.3) is 0 Å². The van der Waals surface area contributed by atoms with Crippen LogP contribution in [0.5, 0.6) is 0 Å². The summed E-state index contributed by atoms with van der Waals surface area (Å²) >= 11 is 1.71. The van der Waals surface area contributed by atoms with Gasteiger partial charge in [-0.05, 0) is 5.56 Å². The molecule has 1 fully saturated rings. The number of aliphatic hydroxyl groups is 1. The summed E-state index contributed by atoms with van der Waals surface area (Å²) in [4.78, 5) is 4.40. The maximum Gasteiger partial charge on any atom is 0.231 e. The van der Waals surface area contributed by atoms with Gasteiger partial charge in [-0.25, -0.2) is 0 Å². The van der Waals surface area contributed by atoms with Gasteiger partial charge in [-0.2, -0.15) is 16.7 Å². The molecule has 1 aliphatic heterocycles. The van der Waals surface area contributed by atoms with Gasteiger partial charge in [0.1, 0.15) is 0 Å². The lowest BCUT2D eigenvalue weighted by Crippen LogP contribution is -2.47. The van der Waals surface area contributed by atoms with E-state index in [1.807, 2.05) is 30.3 Å². The van der Waals surface area contributed by atoms with Crippen LogP contribution in [-0.4, -0.2) is 40.8 Å². The van der Waals surface area contributed by atoms with E-state index in [1.54, 1.807) is 11.8 Å². The Kier molecular flexibility index (Phi) is 4.57. The molecule has 1 aromatic carbocycles. The molecule has 21 heavy (non-hydrogen) atoms. The Morgan fingerprint density at radius 1 is 1.24 bits per heavy atom. The molecule has 0 unspecified atom stereocenters. The first-order valence-corrected chi connectivity index (χ1v) is 8.07. The Hall–Kier alpha value is -1.37. The summed E-state index contributed by atoms with van der Waals surface area (Å²) in [7, 11) is 0. The molecule has 1 aliphatic rings. The third-order valence-electron chi connectivity index (χ3n) is 3.50. The number of hydrogen-bond acceptors (Lipinski definition) is 6. The molecule has 1 aromatic heterocycles. The van der Waals surface area contributed by atoms with Crippen LogP contribution >= 0.6 is 11.8 Å². The smallest absolute Gasteiger partial charge is 0.231 e. The minimum atomic E-state index is -0.0682. The van der Waals surface area contributed by atoms with Crippen molar-refractivity contribution < 1.29 is 14.4 Å². The van der Waals surface area contributed by atoms with E-state index in [0.29, 0.717) is 37.1 Å². The van der Waals surface area contributed by atoms with Crippen LogP contribution in [0.3, 0.4) is 0 Å². The van der Waals surface area contributed by atoms with Crippen molar-refractivity contribution in [2.24, 2.45) is 5.41 Å². The van der Waals surface area contributed by atoms with Gasteiger partial charge in [-0.15, -0.1) is 0 Å². The molecule has 1 N–H and O–H groups in total. The Labute approximate surface area is 127 Å². The lowest BCUT2D eigenvalue weighted by atomic mass is 9.90. The number of ether oxygens (including phenoxy) is 1. The zero-order valence-corrected chi connectivity index (χ0v) is 12.5. The molecule has 0 bridgehead atoms. The molecule has 0 spiro atoms. The third kappa shape index (κ3) is 3.64. The number of aromatic nitrogens is 2. The first kappa shape index (κ1) is 14.6. The summed E-state index contributed by atoms with van der Waals surface area (Å²) in [5, 5.41) is 13.4. The summed E-state index contributed by atoms with van der Waals surface area (Å²) in [5.41, 5.74) is 1.09. The van der Waals surface area contributed by atoms with Crippen LogP contribution in [0.25, 0.3) is 0 Å². The van der Waals surface area contributed by atoms with Crippen LogP contribution in [0.4, 0.5) is 0 Å². The van der Waals surface area contributed by atoms with Crippen LogP contribution in [0.15, 0.2) is 34.9 Å². The number of nitrogens with zero attached hydrogens (tertiary/aromatic N) is 2. The van der Waals surface area contributed by atoms with E-state index in [9.17, 15) is 5.11 Å². The third-order valence-corrected chi connectivity index (χ3v) is 4.78. The normalized spacial score (nSPS) is 16.6. The average Bonchev–Trinajstić information content (AvgIpc) is 2.90. The second kappa shape index (κ2) is 6.60. The zero-order chi connectivity index (χ0) is 14.5. The Morgan fingerprint density at radius 2 is 2.05 bits per heavy atom. The van der Waals surface area contributed by atoms with E-state index < -0.39 is 0 Å². The number of aliphatic hydroxyl groups excluding tert-OH is 1. The largest absolute Gasteiger partial charge is 0.396 e. The molecule has 0 radical (unpaired) electrons. The first-order valence-electron chi connectivity index (χ1n) is 6.91. The quantitative estimate of drug-likeness (QED) is 0.842. The number of benzene rings is 1. The predicted molar refractivity (Wildman–Crippen MR) is 80.0 cm³/mol. The van der Waals surface area contributed by atoms with Crippen LogP contribution < -0.4 is 0 Å². The molecule has 3 rings (SSSR count). The second-order valence-electron chi connectivity index (χ2n) is 5.41. The van der Waals surface area contributed by atoms with Gasteiger partial charge in [-0.3, -0.25) is 0 Å². The molecular weight excluding hydrogens is 288 g/mol. The molecule has 2 aromatic rings. The van der Waals surface area contributed by atoms with Crippen molar-refractivity contribution >= 4 is 11.8 Å². The van der Waals surface area contributed by atoms with Crippen LogP contribution in [-0.2, 0) is 16.9 Å². The average molecular weight is 306 g/mol. The van der Waals surface area contributed by atoms with Crippen molar-refractivity contribution in [3.63, 3.8) is 0 Å². The van der Waals surface area contributed by atoms with E-state index in [2.05, 4.69) is 10.1 Å². The molecule has 0 amide bonds. The van der Waals surface area contributed by atoms with E-state index >= 15 is 0 Å². The molecule has 5 nitrogen and oxygen atoms in total. The van der Waals surface area contributed by atoms with Gasteiger partial charge in [0.05, 0.1) is 32.0 Å². The molecule has 0 aliphatic carbocycles. The lowest BCUT2D eigenvalue weighted by molar-refractivity contribution is -0.121. The highest BCUT2D eigenvalue weighted by molar-refractivity contribution is 7.98. The minimum Gasteiger partial charge on any atom is -0.396 e. The summed E-state index contributed by atoms with van der Waals surface area (Å²) in [5.74, 6) is 2.89. The van der Waals surface area contributed by atoms with Crippen LogP contribution in [0, 0.1) is 5.41 Å². The molecule has 112 valence electrons. The summed E-state index contributed by atoms with van der Waals surface area (Å²) < 4.78 is 10.4. The fourth-order valence-corrected chi connectivity index (χ4v) is 3.25. The fraction of sp³-hybridized carbons (Fsp3) is 0.467. The van der Waals surface area contributed by atoms with Gasteiger partial charge in [0, 0.05) is 11.2 Å². The Morgan fingerprint density at radius 3 is 2.71 bits per heavy atom. The van der Waals surface area contributed by atoms with Crippen molar-refractivity contribution in [1.29, 1.82) is 0 Å². The molecule has 6 heteroatoms. The van der Waals surface area contributed by atoms with Crippen LogP contribution in [0.2, 0.25) is 0 Å². The molecule has 0 atom stereocenters. The SMILES string of the molecule is OCC1(CSCc2noc(Cc3ccccc3)n2)COC1. The topological polar surface area (TPSA) is 68.4 Å². The summed E-state index contributed by atoms with van der Waals surface area (Å²) in [6, 6.07) is 10.1. The Bertz CT molecular complexity index is 564. The zero-order valence-electron chi connectivity index (χ0n) is 11.7.